The number of carbonyl (C=O) groups is 3. The van der Waals surface area contributed by atoms with Crippen molar-refractivity contribution >= 4 is 23.5 Å². The second-order valence-corrected chi connectivity index (χ2v) is 6.28. The molecule has 0 atom stereocenters. The van der Waals surface area contributed by atoms with Gasteiger partial charge in [-0.25, -0.2) is 0 Å². The molecule has 1 N–H and O–H groups in total. The molecule has 1 saturated heterocycles. The van der Waals surface area contributed by atoms with Gasteiger partial charge >= 0.3 is 11.7 Å². The molecule has 0 unspecified atom stereocenters. The van der Waals surface area contributed by atoms with Crippen molar-refractivity contribution in [2.24, 2.45) is 0 Å². The summed E-state index contributed by atoms with van der Waals surface area (Å²) in [7, 11) is 1.28. The maximum atomic E-state index is 12.1. The number of nitrogens with one attached hydrogen (secondary N) is 1. The number of likely N-dealkylation sites (tertiary alicyclic amines) is 1. The Morgan fingerprint density at radius 2 is 1.86 bits per heavy atom. The Morgan fingerprint density at radius 3 is 2.46 bits per heavy atom. The summed E-state index contributed by atoms with van der Waals surface area (Å²) in [6, 6.07) is 3.70. The minimum atomic E-state index is -0.764. The number of carbonyl (C=O) groups excluding carboxylic acids is 3. The number of amides is 2. The van der Waals surface area contributed by atoms with Crippen LogP contribution in [-0.2, 0) is 14.3 Å². The molecule has 28 heavy (non-hydrogen) atoms. The van der Waals surface area contributed by atoms with Gasteiger partial charge in [0.1, 0.15) is 6.54 Å². The lowest BCUT2D eigenvalue weighted by Crippen LogP contribution is -2.37. The van der Waals surface area contributed by atoms with Gasteiger partial charge in [-0.1, -0.05) is 12.8 Å². The molecule has 1 aliphatic heterocycles. The average Bonchev–Trinajstić information content (AvgIpc) is 2.99. The molecule has 10 nitrogen and oxygen atoms in total. The zero-order valence-corrected chi connectivity index (χ0v) is 15.6. The minimum Gasteiger partial charge on any atom is -0.490 e. The highest BCUT2D eigenvalue weighted by Gasteiger charge is 2.20. The van der Waals surface area contributed by atoms with Gasteiger partial charge in [0.25, 0.3) is 11.8 Å². The zero-order valence-electron chi connectivity index (χ0n) is 15.6. The molecular formula is C18H23N3O7. The van der Waals surface area contributed by atoms with E-state index in [1.54, 1.807) is 4.90 Å². The molecule has 1 aliphatic rings. The van der Waals surface area contributed by atoms with E-state index in [9.17, 15) is 24.5 Å². The molecule has 0 radical (unpaired) electrons. The van der Waals surface area contributed by atoms with Gasteiger partial charge in [0.2, 0.25) is 0 Å². The summed E-state index contributed by atoms with van der Waals surface area (Å²) in [5.41, 5.74) is -0.360. The monoisotopic (exact) mass is 393 g/mol. The number of nitro benzene ring substituents is 1. The first-order valence-electron chi connectivity index (χ1n) is 8.96. The molecule has 2 rings (SSSR count). The molecule has 10 heteroatoms. The van der Waals surface area contributed by atoms with Crippen LogP contribution in [-0.4, -0.2) is 61.0 Å². The topological polar surface area (TPSA) is 128 Å². The highest BCUT2D eigenvalue weighted by molar-refractivity contribution is 5.96. The Balaban J connectivity index is 1.82. The number of rotatable bonds is 7. The number of methoxy groups -OCH3 is 1. The van der Waals surface area contributed by atoms with Crippen LogP contribution in [0.15, 0.2) is 18.2 Å². The lowest BCUT2D eigenvalue weighted by atomic mass is 10.1. The summed E-state index contributed by atoms with van der Waals surface area (Å²) in [5.74, 6) is -1.68. The van der Waals surface area contributed by atoms with Gasteiger partial charge in [0.05, 0.1) is 12.0 Å². The first-order chi connectivity index (χ1) is 13.4. The first-order valence-corrected chi connectivity index (χ1v) is 8.96. The highest BCUT2D eigenvalue weighted by Crippen LogP contribution is 2.27. The van der Waals surface area contributed by atoms with Gasteiger partial charge < -0.3 is 19.7 Å². The third-order valence-electron chi connectivity index (χ3n) is 4.35. The van der Waals surface area contributed by atoms with E-state index in [1.807, 2.05) is 0 Å². The smallest absolute Gasteiger partial charge is 0.325 e. The van der Waals surface area contributed by atoms with Crippen molar-refractivity contribution in [3.05, 3.63) is 33.9 Å². The maximum Gasteiger partial charge on any atom is 0.325 e. The average molecular weight is 393 g/mol. The third-order valence-corrected chi connectivity index (χ3v) is 4.35. The molecule has 2 amide bonds. The standard InChI is InChI=1S/C18H23N3O7/c1-27-15-7-6-13(10-14(15)21(25)26)18(24)19-11-17(23)28-12-16(22)20-8-4-2-3-5-9-20/h6-7,10H,2-5,8-9,11-12H2,1H3,(H,19,24). The first kappa shape index (κ1) is 21.1. The Hall–Kier alpha value is -3.17. The van der Waals surface area contributed by atoms with Gasteiger partial charge in [0.15, 0.2) is 12.4 Å². The van der Waals surface area contributed by atoms with Crippen molar-refractivity contribution < 1.29 is 28.8 Å². The molecule has 0 aromatic heterocycles. The van der Waals surface area contributed by atoms with E-state index >= 15 is 0 Å². The van der Waals surface area contributed by atoms with Crippen molar-refractivity contribution in [2.75, 3.05) is 33.4 Å². The Labute approximate surface area is 161 Å². The second kappa shape index (κ2) is 10.2. The molecule has 1 fully saturated rings. The number of ether oxygens (including phenoxy) is 2. The van der Waals surface area contributed by atoms with E-state index in [0.717, 1.165) is 31.7 Å². The van der Waals surface area contributed by atoms with Crippen LogP contribution in [0.4, 0.5) is 5.69 Å². The van der Waals surface area contributed by atoms with Crippen molar-refractivity contribution in [2.45, 2.75) is 25.7 Å². The fourth-order valence-corrected chi connectivity index (χ4v) is 2.83. The minimum absolute atomic E-state index is 0.000873. The Bertz CT molecular complexity index is 743. The number of esters is 1. The number of benzene rings is 1. The van der Waals surface area contributed by atoms with E-state index in [-0.39, 0.29) is 29.5 Å². The summed E-state index contributed by atoms with van der Waals surface area (Å²) >= 11 is 0. The van der Waals surface area contributed by atoms with Crippen LogP contribution in [0.5, 0.6) is 5.75 Å². The molecule has 1 aromatic rings. The molecule has 152 valence electrons. The quantitative estimate of drug-likeness (QED) is 0.420. The lowest BCUT2D eigenvalue weighted by molar-refractivity contribution is -0.385. The zero-order chi connectivity index (χ0) is 20.5. The highest BCUT2D eigenvalue weighted by atomic mass is 16.6. The fraction of sp³-hybridized carbons (Fsp3) is 0.500. The van der Waals surface area contributed by atoms with Crippen molar-refractivity contribution in [1.29, 1.82) is 0 Å². The van der Waals surface area contributed by atoms with E-state index in [0.29, 0.717) is 13.1 Å². The molecule has 1 heterocycles. The van der Waals surface area contributed by atoms with Crippen LogP contribution >= 0.6 is 0 Å². The van der Waals surface area contributed by atoms with E-state index in [4.69, 9.17) is 9.47 Å². The molecule has 0 bridgehead atoms. The molecule has 1 aromatic carbocycles. The maximum absolute atomic E-state index is 12.1. The van der Waals surface area contributed by atoms with Gasteiger partial charge in [0, 0.05) is 24.7 Å². The molecular weight excluding hydrogens is 370 g/mol. The van der Waals surface area contributed by atoms with E-state index in [1.165, 1.54) is 19.2 Å². The summed E-state index contributed by atoms with van der Waals surface area (Å²) in [6.45, 7) is 0.487. The van der Waals surface area contributed by atoms with Crippen molar-refractivity contribution in [3.63, 3.8) is 0 Å². The van der Waals surface area contributed by atoms with Crippen LogP contribution in [0.3, 0.4) is 0 Å². The van der Waals surface area contributed by atoms with Gasteiger partial charge in [-0.05, 0) is 25.0 Å². The van der Waals surface area contributed by atoms with Crippen LogP contribution in [0.1, 0.15) is 36.0 Å². The van der Waals surface area contributed by atoms with Crippen LogP contribution in [0, 0.1) is 10.1 Å². The van der Waals surface area contributed by atoms with Gasteiger partial charge in [-0.3, -0.25) is 24.5 Å². The van der Waals surface area contributed by atoms with E-state index < -0.39 is 23.3 Å². The summed E-state index contributed by atoms with van der Waals surface area (Å²) in [6.07, 6.45) is 4.03. The fourth-order valence-electron chi connectivity index (χ4n) is 2.83. The van der Waals surface area contributed by atoms with Crippen LogP contribution < -0.4 is 10.1 Å². The number of hydrogen-bond acceptors (Lipinski definition) is 7. The van der Waals surface area contributed by atoms with Crippen LogP contribution in [0.2, 0.25) is 0 Å². The normalized spacial score (nSPS) is 14.0. The van der Waals surface area contributed by atoms with Gasteiger partial charge in [-0.2, -0.15) is 0 Å². The molecule has 0 aliphatic carbocycles. The largest absolute Gasteiger partial charge is 0.490 e. The number of hydrogen-bond donors (Lipinski definition) is 1. The number of nitrogens with zero attached hydrogens (tertiary/aromatic N) is 2. The summed E-state index contributed by atoms with van der Waals surface area (Å²) < 4.78 is 9.78. The summed E-state index contributed by atoms with van der Waals surface area (Å²) in [4.78, 5) is 47.9. The molecule has 0 saturated carbocycles. The lowest BCUT2D eigenvalue weighted by Gasteiger charge is -2.19. The third kappa shape index (κ3) is 5.93. The number of nitro groups is 1. The predicted octanol–water partition coefficient (Wildman–Crippen LogP) is 1.28. The van der Waals surface area contributed by atoms with Crippen molar-refractivity contribution in [3.8, 4) is 5.75 Å². The second-order valence-electron chi connectivity index (χ2n) is 6.28. The SMILES string of the molecule is COc1ccc(C(=O)NCC(=O)OCC(=O)N2CCCCCC2)cc1[N+](=O)[O-]. The Kier molecular flexibility index (Phi) is 7.73. The van der Waals surface area contributed by atoms with Crippen LogP contribution in [0.25, 0.3) is 0 Å². The van der Waals surface area contributed by atoms with E-state index in [2.05, 4.69) is 5.32 Å². The Morgan fingerprint density at radius 1 is 1.18 bits per heavy atom. The summed E-state index contributed by atoms with van der Waals surface area (Å²) in [5, 5.41) is 13.3. The molecule has 0 spiro atoms. The van der Waals surface area contributed by atoms with Crippen molar-refractivity contribution in [1.82, 2.24) is 10.2 Å². The predicted molar refractivity (Wildman–Crippen MR) is 98.0 cm³/mol. The van der Waals surface area contributed by atoms with Gasteiger partial charge in [-0.15, -0.1) is 0 Å².